The van der Waals surface area contributed by atoms with Crippen LogP contribution in [0.1, 0.15) is 53.4 Å². The third kappa shape index (κ3) is 2.99. The van der Waals surface area contributed by atoms with Crippen LogP contribution >= 0.6 is 0 Å². The first-order chi connectivity index (χ1) is 7.29. The van der Waals surface area contributed by atoms with Crippen LogP contribution in [0.3, 0.4) is 0 Å². The summed E-state index contributed by atoms with van der Waals surface area (Å²) in [5.74, 6) is 6.34. The molecule has 1 fully saturated rings. The van der Waals surface area contributed by atoms with E-state index in [2.05, 4.69) is 25.7 Å². The molecule has 0 bridgehead atoms. The summed E-state index contributed by atoms with van der Waals surface area (Å²) in [6.45, 7) is 8.08. The second-order valence-electron chi connectivity index (χ2n) is 5.87. The van der Waals surface area contributed by atoms with Gasteiger partial charge in [0.1, 0.15) is 0 Å². The summed E-state index contributed by atoms with van der Waals surface area (Å²) in [5, 5.41) is 20.2. The van der Waals surface area contributed by atoms with Gasteiger partial charge in [0.25, 0.3) is 0 Å². The van der Waals surface area contributed by atoms with E-state index in [1.807, 2.05) is 13.8 Å². The molecule has 0 aromatic rings. The van der Waals surface area contributed by atoms with Gasteiger partial charge in [0.2, 0.25) is 0 Å². The molecule has 0 amide bonds. The van der Waals surface area contributed by atoms with Gasteiger partial charge in [0, 0.05) is 25.2 Å². The highest BCUT2D eigenvalue weighted by Crippen LogP contribution is 2.47. The van der Waals surface area contributed by atoms with Crippen molar-refractivity contribution < 1.29 is 10.2 Å². The van der Waals surface area contributed by atoms with Gasteiger partial charge in [0.15, 0.2) is 0 Å². The molecule has 0 aromatic heterocycles. The van der Waals surface area contributed by atoms with Gasteiger partial charge in [-0.15, -0.1) is 11.8 Å². The Labute approximate surface area is 99.1 Å². The van der Waals surface area contributed by atoms with Gasteiger partial charge in [-0.25, -0.2) is 0 Å². The Balaban J connectivity index is 2.84. The third-order valence-corrected chi connectivity index (χ3v) is 3.71. The molecule has 0 heterocycles. The summed E-state index contributed by atoms with van der Waals surface area (Å²) in [4.78, 5) is 0. The average Bonchev–Trinajstić information content (AvgIpc) is 2.07. The number of hydrogen-bond donors (Lipinski definition) is 2. The van der Waals surface area contributed by atoms with Gasteiger partial charge in [-0.1, -0.05) is 20.8 Å². The van der Waals surface area contributed by atoms with Crippen molar-refractivity contribution in [2.24, 2.45) is 11.3 Å². The fourth-order valence-corrected chi connectivity index (χ4v) is 3.08. The van der Waals surface area contributed by atoms with Crippen molar-refractivity contribution in [2.75, 3.05) is 0 Å². The zero-order valence-electron chi connectivity index (χ0n) is 10.9. The van der Waals surface area contributed by atoms with Crippen LogP contribution in [0.25, 0.3) is 0 Å². The molecule has 3 unspecified atom stereocenters. The van der Waals surface area contributed by atoms with Crippen molar-refractivity contribution >= 4 is 0 Å². The lowest BCUT2D eigenvalue weighted by Gasteiger charge is -2.49. The Morgan fingerprint density at radius 1 is 1.19 bits per heavy atom. The van der Waals surface area contributed by atoms with E-state index in [0.29, 0.717) is 6.42 Å². The smallest absolute Gasteiger partial charge is 0.0686 e. The first-order valence-corrected chi connectivity index (χ1v) is 6.16. The molecule has 0 saturated heterocycles. The molecule has 0 spiro atoms. The number of aliphatic hydroxyl groups is 2. The normalized spacial score (nSPS) is 37.6. The maximum atomic E-state index is 10.4. The molecule has 2 N–H and O–H groups in total. The standard InChI is InChI=1S/C14H24O2/c1-5-6-7-8-12-13(2,3)9-11(15)10-14(12,4)16/h11-12,15-16H,5,8-10H2,1-4H3. The van der Waals surface area contributed by atoms with Crippen molar-refractivity contribution in [2.45, 2.75) is 65.1 Å². The lowest BCUT2D eigenvalue weighted by molar-refractivity contribution is -0.127. The quantitative estimate of drug-likeness (QED) is 0.671. The molecular formula is C14H24O2. The minimum Gasteiger partial charge on any atom is -0.393 e. The summed E-state index contributed by atoms with van der Waals surface area (Å²) in [5.41, 5.74) is -0.854. The number of hydrogen-bond acceptors (Lipinski definition) is 2. The SMILES string of the molecule is CCC#CCC1C(C)(C)CC(O)CC1(C)O. The molecule has 2 heteroatoms. The number of aliphatic hydroxyl groups excluding tert-OH is 1. The van der Waals surface area contributed by atoms with Gasteiger partial charge < -0.3 is 10.2 Å². The highest BCUT2D eigenvalue weighted by molar-refractivity contribution is 5.07. The molecule has 0 radical (unpaired) electrons. The van der Waals surface area contributed by atoms with Crippen LogP contribution in [0.15, 0.2) is 0 Å². The van der Waals surface area contributed by atoms with Crippen molar-refractivity contribution in [3.63, 3.8) is 0 Å². The minimum absolute atomic E-state index is 0.0520. The van der Waals surface area contributed by atoms with E-state index in [0.717, 1.165) is 19.3 Å². The number of rotatable bonds is 1. The van der Waals surface area contributed by atoms with Crippen LogP contribution in [0, 0.1) is 23.2 Å². The summed E-state index contributed by atoms with van der Waals surface area (Å²) < 4.78 is 0. The van der Waals surface area contributed by atoms with Gasteiger partial charge in [-0.3, -0.25) is 0 Å². The monoisotopic (exact) mass is 224 g/mol. The zero-order valence-corrected chi connectivity index (χ0v) is 10.9. The lowest BCUT2D eigenvalue weighted by Crippen LogP contribution is -2.51. The lowest BCUT2D eigenvalue weighted by atomic mass is 9.60. The van der Waals surface area contributed by atoms with E-state index >= 15 is 0 Å². The topological polar surface area (TPSA) is 40.5 Å². The van der Waals surface area contributed by atoms with Crippen LogP contribution in [-0.2, 0) is 0 Å². The summed E-state index contributed by atoms with van der Waals surface area (Å²) in [6.07, 6.45) is 2.41. The predicted molar refractivity (Wildman–Crippen MR) is 65.8 cm³/mol. The van der Waals surface area contributed by atoms with Crippen LogP contribution < -0.4 is 0 Å². The van der Waals surface area contributed by atoms with Gasteiger partial charge in [0.05, 0.1) is 11.7 Å². The molecule has 92 valence electrons. The van der Waals surface area contributed by atoms with Gasteiger partial charge in [-0.05, 0) is 18.8 Å². The van der Waals surface area contributed by atoms with Crippen molar-refractivity contribution in [3.05, 3.63) is 0 Å². The summed E-state index contributed by atoms with van der Waals surface area (Å²) >= 11 is 0. The highest BCUT2D eigenvalue weighted by Gasteiger charge is 2.48. The van der Waals surface area contributed by atoms with Gasteiger partial charge in [-0.2, -0.15) is 0 Å². The first-order valence-electron chi connectivity index (χ1n) is 6.16. The first kappa shape index (κ1) is 13.5. The fraction of sp³-hybridized carbons (Fsp3) is 0.857. The van der Waals surface area contributed by atoms with E-state index in [1.165, 1.54) is 0 Å². The van der Waals surface area contributed by atoms with Crippen molar-refractivity contribution in [3.8, 4) is 11.8 Å². The average molecular weight is 224 g/mol. The van der Waals surface area contributed by atoms with Gasteiger partial charge >= 0.3 is 0 Å². The second-order valence-corrected chi connectivity index (χ2v) is 5.87. The molecule has 2 nitrogen and oxygen atoms in total. The fourth-order valence-electron chi connectivity index (χ4n) is 3.08. The maximum Gasteiger partial charge on any atom is 0.0686 e. The summed E-state index contributed by atoms with van der Waals surface area (Å²) in [7, 11) is 0. The van der Waals surface area contributed by atoms with Crippen molar-refractivity contribution in [1.82, 2.24) is 0 Å². The Morgan fingerprint density at radius 2 is 1.81 bits per heavy atom. The van der Waals surface area contributed by atoms with E-state index < -0.39 is 5.60 Å². The third-order valence-electron chi connectivity index (χ3n) is 3.71. The zero-order chi connectivity index (χ0) is 12.4. The molecule has 0 aromatic carbocycles. The van der Waals surface area contributed by atoms with E-state index in [9.17, 15) is 10.2 Å². The maximum absolute atomic E-state index is 10.4. The molecular weight excluding hydrogens is 200 g/mol. The summed E-state index contributed by atoms with van der Waals surface area (Å²) in [6, 6.07) is 0. The highest BCUT2D eigenvalue weighted by atomic mass is 16.3. The molecule has 1 saturated carbocycles. The molecule has 16 heavy (non-hydrogen) atoms. The second kappa shape index (κ2) is 4.77. The molecule has 1 rings (SSSR count). The Hall–Kier alpha value is -0.520. The van der Waals surface area contributed by atoms with Crippen LogP contribution in [-0.4, -0.2) is 21.9 Å². The Kier molecular flexibility index (Phi) is 4.04. The molecule has 1 aliphatic carbocycles. The van der Waals surface area contributed by atoms with Crippen LogP contribution in [0.5, 0.6) is 0 Å². The van der Waals surface area contributed by atoms with Crippen LogP contribution in [0.4, 0.5) is 0 Å². The predicted octanol–water partition coefficient (Wildman–Crippen LogP) is 2.34. The Morgan fingerprint density at radius 3 is 2.31 bits per heavy atom. The van der Waals surface area contributed by atoms with E-state index in [4.69, 9.17) is 0 Å². The van der Waals surface area contributed by atoms with Crippen molar-refractivity contribution in [1.29, 1.82) is 0 Å². The molecule has 1 aliphatic rings. The largest absolute Gasteiger partial charge is 0.393 e. The molecule has 3 atom stereocenters. The molecule has 0 aliphatic heterocycles. The Bertz CT molecular complexity index is 276. The van der Waals surface area contributed by atoms with Crippen LogP contribution in [0.2, 0.25) is 0 Å². The minimum atomic E-state index is -0.802. The van der Waals surface area contributed by atoms with E-state index in [1.54, 1.807) is 0 Å². The van der Waals surface area contributed by atoms with E-state index in [-0.39, 0.29) is 17.4 Å².